The van der Waals surface area contributed by atoms with Crippen LogP contribution in [0.1, 0.15) is 73.3 Å². The summed E-state index contributed by atoms with van der Waals surface area (Å²) in [6.45, 7) is 2.17. The summed E-state index contributed by atoms with van der Waals surface area (Å²) < 4.78 is 56.7. The van der Waals surface area contributed by atoms with Crippen molar-refractivity contribution in [1.29, 1.82) is 0 Å². The standard InChI is InChI=1S/C32H35ClF4/c1-2-21-3-5-22(6-4-21)7-8-23-9-11-24(12-10-23)13-14-25-17-28(34)27(29(35)18-25)16-15-26-19-30(36)32(33)31(37)20-26/h3-6,17-20,23-24H,2,7-16H2,1H3. The van der Waals surface area contributed by atoms with Crippen LogP contribution >= 0.6 is 11.6 Å². The fraction of sp³-hybridized carbons (Fsp3) is 0.438. The molecule has 0 saturated heterocycles. The molecule has 0 unspecified atom stereocenters. The maximum Gasteiger partial charge on any atom is 0.145 e. The molecule has 1 fully saturated rings. The molecule has 0 heterocycles. The Labute approximate surface area is 223 Å². The highest BCUT2D eigenvalue weighted by Gasteiger charge is 2.21. The number of benzene rings is 3. The van der Waals surface area contributed by atoms with Gasteiger partial charge in [-0.25, -0.2) is 17.6 Å². The van der Waals surface area contributed by atoms with Crippen LogP contribution in [-0.4, -0.2) is 0 Å². The van der Waals surface area contributed by atoms with Crippen molar-refractivity contribution in [3.05, 3.63) is 105 Å². The molecule has 3 aromatic carbocycles. The van der Waals surface area contributed by atoms with Crippen LogP contribution in [0.2, 0.25) is 5.02 Å². The lowest BCUT2D eigenvalue weighted by Crippen LogP contribution is -2.16. The molecule has 0 atom stereocenters. The van der Waals surface area contributed by atoms with E-state index in [-0.39, 0.29) is 18.4 Å². The van der Waals surface area contributed by atoms with Gasteiger partial charge in [-0.05, 0) is 103 Å². The van der Waals surface area contributed by atoms with Crippen molar-refractivity contribution < 1.29 is 17.6 Å². The molecule has 0 aliphatic heterocycles. The molecule has 0 N–H and O–H groups in total. The minimum absolute atomic E-state index is 0.0191. The summed E-state index contributed by atoms with van der Waals surface area (Å²) in [5.74, 6) is -1.58. The highest BCUT2D eigenvalue weighted by molar-refractivity contribution is 6.30. The van der Waals surface area contributed by atoms with E-state index in [0.29, 0.717) is 23.5 Å². The van der Waals surface area contributed by atoms with E-state index in [0.717, 1.165) is 37.3 Å². The summed E-state index contributed by atoms with van der Waals surface area (Å²) in [6, 6.07) is 14.0. The van der Waals surface area contributed by atoms with E-state index < -0.39 is 28.3 Å². The molecule has 4 rings (SSSR count). The van der Waals surface area contributed by atoms with Gasteiger partial charge in [0, 0.05) is 5.56 Å². The normalized spacial score (nSPS) is 17.8. The fourth-order valence-corrected chi connectivity index (χ4v) is 5.66. The number of rotatable bonds is 10. The molecule has 0 spiro atoms. The minimum Gasteiger partial charge on any atom is -0.207 e. The van der Waals surface area contributed by atoms with E-state index in [1.165, 1.54) is 55.4 Å². The topological polar surface area (TPSA) is 0 Å². The van der Waals surface area contributed by atoms with Crippen molar-refractivity contribution in [3.63, 3.8) is 0 Å². The predicted molar refractivity (Wildman–Crippen MR) is 143 cm³/mol. The molecule has 0 radical (unpaired) electrons. The van der Waals surface area contributed by atoms with Crippen LogP contribution in [-0.2, 0) is 32.1 Å². The van der Waals surface area contributed by atoms with Gasteiger partial charge in [0.15, 0.2) is 0 Å². The summed E-state index contributed by atoms with van der Waals surface area (Å²) in [4.78, 5) is 0. The van der Waals surface area contributed by atoms with Crippen molar-refractivity contribution >= 4 is 11.6 Å². The molecule has 0 nitrogen and oxygen atoms in total. The molecule has 1 aliphatic rings. The Hall–Kier alpha value is -2.33. The van der Waals surface area contributed by atoms with Gasteiger partial charge in [0.25, 0.3) is 0 Å². The number of hydrogen-bond acceptors (Lipinski definition) is 0. The molecule has 0 aromatic heterocycles. The van der Waals surface area contributed by atoms with E-state index in [1.807, 2.05) is 0 Å². The van der Waals surface area contributed by atoms with E-state index in [2.05, 4.69) is 31.2 Å². The van der Waals surface area contributed by atoms with Gasteiger partial charge < -0.3 is 0 Å². The van der Waals surface area contributed by atoms with Gasteiger partial charge in [-0.2, -0.15) is 0 Å². The van der Waals surface area contributed by atoms with Gasteiger partial charge in [-0.1, -0.05) is 68.5 Å². The molecular weight excluding hydrogens is 496 g/mol. The molecule has 3 aromatic rings. The van der Waals surface area contributed by atoms with E-state index in [9.17, 15) is 17.6 Å². The lowest BCUT2D eigenvalue weighted by Gasteiger charge is -2.28. The first-order valence-electron chi connectivity index (χ1n) is 13.5. The molecule has 1 saturated carbocycles. The van der Waals surface area contributed by atoms with Gasteiger partial charge in [0.2, 0.25) is 0 Å². The van der Waals surface area contributed by atoms with Crippen LogP contribution in [0.4, 0.5) is 17.6 Å². The Morgan fingerprint density at radius 1 is 0.595 bits per heavy atom. The fourth-order valence-electron chi connectivity index (χ4n) is 5.55. The Balaban J connectivity index is 1.22. The third kappa shape index (κ3) is 7.60. The first-order chi connectivity index (χ1) is 17.8. The number of hydrogen-bond donors (Lipinski definition) is 0. The second-order valence-electron chi connectivity index (χ2n) is 10.5. The third-order valence-electron chi connectivity index (χ3n) is 7.99. The van der Waals surface area contributed by atoms with Crippen molar-refractivity contribution in [3.8, 4) is 0 Å². The van der Waals surface area contributed by atoms with Gasteiger partial charge in [-0.15, -0.1) is 0 Å². The van der Waals surface area contributed by atoms with E-state index in [4.69, 9.17) is 11.6 Å². The monoisotopic (exact) mass is 530 g/mol. The summed E-state index contributed by atoms with van der Waals surface area (Å²) in [5, 5.41) is -0.573. The quantitative estimate of drug-likeness (QED) is 0.181. The van der Waals surface area contributed by atoms with Crippen molar-refractivity contribution in [1.82, 2.24) is 0 Å². The lowest BCUT2D eigenvalue weighted by atomic mass is 9.77. The first-order valence-corrected chi connectivity index (χ1v) is 13.9. The van der Waals surface area contributed by atoms with Gasteiger partial charge in [0.05, 0.1) is 0 Å². The van der Waals surface area contributed by atoms with Gasteiger partial charge in [-0.3, -0.25) is 0 Å². The number of halogens is 5. The van der Waals surface area contributed by atoms with Gasteiger partial charge in [0.1, 0.15) is 28.3 Å². The highest BCUT2D eigenvalue weighted by Crippen LogP contribution is 2.34. The van der Waals surface area contributed by atoms with E-state index >= 15 is 0 Å². The Kier molecular flexibility index (Phi) is 9.70. The zero-order valence-corrected chi connectivity index (χ0v) is 22.2. The zero-order valence-electron chi connectivity index (χ0n) is 21.4. The van der Waals surface area contributed by atoms with Crippen molar-refractivity contribution in [2.75, 3.05) is 0 Å². The van der Waals surface area contributed by atoms with Crippen LogP contribution < -0.4 is 0 Å². The Morgan fingerprint density at radius 3 is 1.54 bits per heavy atom. The largest absolute Gasteiger partial charge is 0.207 e. The summed E-state index contributed by atoms with van der Waals surface area (Å²) >= 11 is 5.50. The predicted octanol–water partition coefficient (Wildman–Crippen LogP) is 9.62. The molecule has 0 amide bonds. The Morgan fingerprint density at radius 2 is 1.03 bits per heavy atom. The first kappa shape index (κ1) is 27.7. The zero-order chi connectivity index (χ0) is 26.4. The summed E-state index contributed by atoms with van der Waals surface area (Å²) in [5.41, 5.74) is 3.72. The van der Waals surface area contributed by atoms with Crippen molar-refractivity contribution in [2.24, 2.45) is 11.8 Å². The maximum atomic E-state index is 14.7. The molecule has 5 heteroatoms. The average Bonchev–Trinajstić information content (AvgIpc) is 2.89. The highest BCUT2D eigenvalue weighted by atomic mass is 35.5. The molecular formula is C32H35ClF4. The molecule has 37 heavy (non-hydrogen) atoms. The summed E-state index contributed by atoms with van der Waals surface area (Å²) in [6.07, 6.45) is 9.97. The molecule has 1 aliphatic carbocycles. The lowest BCUT2D eigenvalue weighted by molar-refractivity contribution is 0.253. The Bertz CT molecular complexity index is 1130. The van der Waals surface area contributed by atoms with E-state index in [1.54, 1.807) is 0 Å². The molecule has 0 bridgehead atoms. The summed E-state index contributed by atoms with van der Waals surface area (Å²) in [7, 11) is 0. The second-order valence-corrected chi connectivity index (χ2v) is 10.9. The van der Waals surface area contributed by atoms with Crippen LogP contribution in [0.25, 0.3) is 0 Å². The second kappa shape index (κ2) is 13.0. The SMILES string of the molecule is CCc1ccc(CCC2CCC(CCc3cc(F)c(CCc4cc(F)c(Cl)c(F)c4)c(F)c3)CC2)cc1. The molecule has 198 valence electrons. The third-order valence-corrected chi connectivity index (χ3v) is 8.35. The van der Waals surface area contributed by atoms with Crippen LogP contribution in [0.3, 0.4) is 0 Å². The number of aryl methyl sites for hydroxylation is 4. The van der Waals surface area contributed by atoms with Crippen molar-refractivity contribution in [2.45, 2.75) is 77.6 Å². The van der Waals surface area contributed by atoms with Crippen LogP contribution in [0.15, 0.2) is 48.5 Å². The maximum absolute atomic E-state index is 14.7. The average molecular weight is 531 g/mol. The van der Waals surface area contributed by atoms with Crippen LogP contribution in [0.5, 0.6) is 0 Å². The smallest absolute Gasteiger partial charge is 0.145 e. The minimum atomic E-state index is -0.872. The van der Waals surface area contributed by atoms with Crippen LogP contribution in [0, 0.1) is 35.1 Å². The van der Waals surface area contributed by atoms with Gasteiger partial charge >= 0.3 is 0 Å².